The van der Waals surface area contributed by atoms with E-state index in [0.717, 1.165) is 39.0 Å². The summed E-state index contributed by atoms with van der Waals surface area (Å²) >= 11 is 0. The molecular formula is C11H21NO3. The van der Waals surface area contributed by atoms with E-state index in [1.165, 1.54) is 0 Å². The van der Waals surface area contributed by atoms with Crippen LogP contribution in [0, 0.1) is 5.92 Å². The van der Waals surface area contributed by atoms with Gasteiger partial charge in [-0.1, -0.05) is 13.3 Å². The summed E-state index contributed by atoms with van der Waals surface area (Å²) in [6.45, 7) is 5.46. The van der Waals surface area contributed by atoms with Gasteiger partial charge in [-0.3, -0.25) is 4.79 Å². The second-order valence-electron chi connectivity index (χ2n) is 3.93. The van der Waals surface area contributed by atoms with Crippen molar-refractivity contribution in [1.29, 1.82) is 0 Å². The third kappa shape index (κ3) is 5.74. The quantitative estimate of drug-likeness (QED) is 0.507. The van der Waals surface area contributed by atoms with Gasteiger partial charge < -0.3 is 14.8 Å². The molecule has 0 spiro atoms. The summed E-state index contributed by atoms with van der Waals surface area (Å²) in [4.78, 5) is 11.2. The molecule has 1 N–H and O–H groups in total. The van der Waals surface area contributed by atoms with Crippen molar-refractivity contribution in [3.8, 4) is 0 Å². The van der Waals surface area contributed by atoms with Crippen LogP contribution in [0.15, 0.2) is 0 Å². The highest BCUT2D eigenvalue weighted by Crippen LogP contribution is 2.10. The van der Waals surface area contributed by atoms with Gasteiger partial charge in [0.25, 0.3) is 0 Å². The Morgan fingerprint density at radius 3 is 3.13 bits per heavy atom. The first-order valence-corrected chi connectivity index (χ1v) is 5.77. The highest BCUT2D eigenvalue weighted by Gasteiger charge is 2.15. The van der Waals surface area contributed by atoms with Crippen molar-refractivity contribution in [2.45, 2.75) is 26.2 Å². The molecule has 1 fully saturated rings. The normalized spacial score (nSPS) is 20.5. The standard InChI is InChI=1S/C11H21NO3/c1-2-3-5-15-11(13)8-12-7-10-4-6-14-9-10/h10,12H,2-9H2,1H3. The van der Waals surface area contributed by atoms with Crippen LogP contribution in [0.5, 0.6) is 0 Å². The van der Waals surface area contributed by atoms with E-state index in [4.69, 9.17) is 9.47 Å². The van der Waals surface area contributed by atoms with Crippen molar-refractivity contribution in [2.24, 2.45) is 5.92 Å². The van der Waals surface area contributed by atoms with Crippen LogP contribution in [0.25, 0.3) is 0 Å². The zero-order valence-corrected chi connectivity index (χ0v) is 9.46. The molecule has 1 heterocycles. The molecule has 15 heavy (non-hydrogen) atoms. The molecule has 0 amide bonds. The molecule has 0 aromatic rings. The van der Waals surface area contributed by atoms with Crippen molar-refractivity contribution in [1.82, 2.24) is 5.32 Å². The minimum absolute atomic E-state index is 0.151. The summed E-state index contributed by atoms with van der Waals surface area (Å²) in [6.07, 6.45) is 3.10. The Morgan fingerprint density at radius 2 is 2.47 bits per heavy atom. The van der Waals surface area contributed by atoms with Crippen LogP contribution < -0.4 is 5.32 Å². The minimum atomic E-state index is -0.151. The summed E-state index contributed by atoms with van der Waals surface area (Å²) in [5, 5.41) is 3.10. The maximum Gasteiger partial charge on any atom is 0.319 e. The van der Waals surface area contributed by atoms with Crippen LogP contribution in [0.4, 0.5) is 0 Å². The summed E-state index contributed by atoms with van der Waals surface area (Å²) in [5.41, 5.74) is 0. The molecule has 1 rings (SSSR count). The zero-order chi connectivity index (χ0) is 10.9. The lowest BCUT2D eigenvalue weighted by atomic mass is 10.1. The molecule has 4 nitrogen and oxygen atoms in total. The molecule has 1 atom stereocenters. The molecule has 1 saturated heterocycles. The third-order valence-corrected chi connectivity index (χ3v) is 2.49. The number of carbonyl (C=O) groups is 1. The third-order valence-electron chi connectivity index (χ3n) is 2.49. The van der Waals surface area contributed by atoms with Gasteiger partial charge in [-0.2, -0.15) is 0 Å². The van der Waals surface area contributed by atoms with E-state index in [1.54, 1.807) is 0 Å². The molecule has 0 aromatic carbocycles. The molecule has 0 radical (unpaired) electrons. The summed E-state index contributed by atoms with van der Waals surface area (Å²) < 4.78 is 10.3. The fourth-order valence-corrected chi connectivity index (χ4v) is 1.50. The number of hydrogen-bond donors (Lipinski definition) is 1. The van der Waals surface area contributed by atoms with Crippen LogP contribution in [0.3, 0.4) is 0 Å². The fraction of sp³-hybridized carbons (Fsp3) is 0.909. The fourth-order valence-electron chi connectivity index (χ4n) is 1.50. The lowest BCUT2D eigenvalue weighted by Crippen LogP contribution is -2.29. The molecule has 0 saturated carbocycles. The van der Waals surface area contributed by atoms with Gasteiger partial charge in [0.2, 0.25) is 0 Å². The summed E-state index contributed by atoms with van der Waals surface area (Å²) in [7, 11) is 0. The van der Waals surface area contributed by atoms with Crippen LogP contribution in [-0.2, 0) is 14.3 Å². The van der Waals surface area contributed by atoms with E-state index in [9.17, 15) is 4.79 Å². The number of ether oxygens (including phenoxy) is 2. The number of rotatable bonds is 7. The van der Waals surface area contributed by atoms with E-state index in [-0.39, 0.29) is 5.97 Å². The van der Waals surface area contributed by atoms with Gasteiger partial charge in [-0.05, 0) is 18.8 Å². The Hall–Kier alpha value is -0.610. The second kappa shape index (κ2) is 7.65. The lowest BCUT2D eigenvalue weighted by Gasteiger charge is -2.09. The lowest BCUT2D eigenvalue weighted by molar-refractivity contribution is -0.142. The highest BCUT2D eigenvalue weighted by atomic mass is 16.5. The van der Waals surface area contributed by atoms with E-state index >= 15 is 0 Å². The summed E-state index contributed by atoms with van der Waals surface area (Å²) in [5.74, 6) is 0.413. The van der Waals surface area contributed by atoms with Gasteiger partial charge in [0.05, 0.1) is 19.8 Å². The Labute approximate surface area is 91.3 Å². The predicted octanol–water partition coefficient (Wildman–Crippen LogP) is 0.956. The number of hydrogen-bond acceptors (Lipinski definition) is 4. The molecular weight excluding hydrogens is 194 g/mol. The molecule has 0 aliphatic carbocycles. The first-order chi connectivity index (χ1) is 7.33. The van der Waals surface area contributed by atoms with E-state index in [2.05, 4.69) is 12.2 Å². The van der Waals surface area contributed by atoms with Crippen molar-refractivity contribution in [2.75, 3.05) is 32.9 Å². The first kappa shape index (κ1) is 12.5. The Balaban J connectivity index is 1.91. The van der Waals surface area contributed by atoms with Gasteiger partial charge in [-0.25, -0.2) is 0 Å². The molecule has 1 aliphatic rings. The summed E-state index contributed by atoms with van der Waals surface area (Å²) in [6, 6.07) is 0. The molecule has 1 aliphatic heterocycles. The van der Waals surface area contributed by atoms with Crippen molar-refractivity contribution < 1.29 is 14.3 Å². The van der Waals surface area contributed by atoms with E-state index < -0.39 is 0 Å². The number of unbranched alkanes of at least 4 members (excludes halogenated alkanes) is 1. The second-order valence-corrected chi connectivity index (χ2v) is 3.93. The van der Waals surface area contributed by atoms with Crippen LogP contribution >= 0.6 is 0 Å². The first-order valence-electron chi connectivity index (χ1n) is 5.77. The van der Waals surface area contributed by atoms with Crippen LogP contribution in [0.1, 0.15) is 26.2 Å². The topological polar surface area (TPSA) is 47.6 Å². The minimum Gasteiger partial charge on any atom is -0.465 e. The zero-order valence-electron chi connectivity index (χ0n) is 9.46. The Morgan fingerprint density at radius 1 is 1.60 bits per heavy atom. The maximum absolute atomic E-state index is 11.2. The monoisotopic (exact) mass is 215 g/mol. The average molecular weight is 215 g/mol. The number of nitrogens with one attached hydrogen (secondary N) is 1. The van der Waals surface area contributed by atoms with Crippen molar-refractivity contribution in [3.05, 3.63) is 0 Å². The molecule has 88 valence electrons. The maximum atomic E-state index is 11.2. The van der Waals surface area contributed by atoms with Crippen LogP contribution in [-0.4, -0.2) is 38.9 Å². The molecule has 1 unspecified atom stereocenters. The molecule has 4 heteroatoms. The Bertz CT molecular complexity index is 179. The van der Waals surface area contributed by atoms with Crippen molar-refractivity contribution >= 4 is 5.97 Å². The number of esters is 1. The van der Waals surface area contributed by atoms with E-state index in [1.807, 2.05) is 0 Å². The smallest absolute Gasteiger partial charge is 0.319 e. The Kier molecular flexibility index (Phi) is 6.36. The molecule has 0 bridgehead atoms. The largest absolute Gasteiger partial charge is 0.465 e. The van der Waals surface area contributed by atoms with Crippen molar-refractivity contribution in [3.63, 3.8) is 0 Å². The highest BCUT2D eigenvalue weighted by molar-refractivity contribution is 5.71. The predicted molar refractivity (Wildman–Crippen MR) is 57.7 cm³/mol. The van der Waals surface area contributed by atoms with Gasteiger partial charge in [0.15, 0.2) is 0 Å². The van der Waals surface area contributed by atoms with Gasteiger partial charge in [-0.15, -0.1) is 0 Å². The van der Waals surface area contributed by atoms with Crippen LogP contribution in [0.2, 0.25) is 0 Å². The molecule has 0 aromatic heterocycles. The average Bonchev–Trinajstić information content (AvgIpc) is 2.71. The van der Waals surface area contributed by atoms with Gasteiger partial charge in [0.1, 0.15) is 0 Å². The van der Waals surface area contributed by atoms with Gasteiger partial charge >= 0.3 is 5.97 Å². The SMILES string of the molecule is CCCCOC(=O)CNCC1CCOC1. The number of carbonyl (C=O) groups excluding carboxylic acids is 1. The van der Waals surface area contributed by atoms with E-state index in [0.29, 0.717) is 19.1 Å². The van der Waals surface area contributed by atoms with Gasteiger partial charge in [0, 0.05) is 13.2 Å².